The van der Waals surface area contributed by atoms with Crippen molar-refractivity contribution in [2.75, 3.05) is 24.8 Å². The van der Waals surface area contributed by atoms with Gasteiger partial charge in [0.2, 0.25) is 0 Å². The van der Waals surface area contributed by atoms with Crippen LogP contribution in [0, 0.1) is 10.1 Å². The molecule has 0 aromatic heterocycles. The average Bonchev–Trinajstić information content (AvgIpc) is 2.51. The first-order valence-electron chi connectivity index (χ1n) is 6.57. The third-order valence-corrected chi connectivity index (χ3v) is 4.98. The predicted octanol–water partition coefficient (Wildman–Crippen LogP) is 3.44. The van der Waals surface area contributed by atoms with Crippen molar-refractivity contribution in [3.63, 3.8) is 0 Å². The molecule has 10 heteroatoms. The van der Waals surface area contributed by atoms with Crippen LogP contribution in [-0.2, 0) is 9.09 Å². The number of nitro benzene ring substituents is 1. The highest BCUT2D eigenvalue weighted by molar-refractivity contribution is 7.54. The molecular formula is C12H18Cl2N3O4P. The van der Waals surface area contributed by atoms with Gasteiger partial charge >= 0.3 is 7.67 Å². The minimum Gasteiger partial charge on any atom is -0.298 e. The topological polar surface area (TPSA) is 93.5 Å². The Morgan fingerprint density at radius 2 is 1.73 bits per heavy atom. The molecule has 124 valence electrons. The first-order valence-corrected chi connectivity index (χ1v) is 9.26. The van der Waals surface area contributed by atoms with Crippen molar-refractivity contribution in [3.05, 3.63) is 39.9 Å². The van der Waals surface area contributed by atoms with Crippen LogP contribution >= 0.6 is 30.9 Å². The highest BCUT2D eigenvalue weighted by Crippen LogP contribution is 2.42. The van der Waals surface area contributed by atoms with Gasteiger partial charge in [-0.15, -0.1) is 23.2 Å². The Morgan fingerprint density at radius 3 is 2.14 bits per heavy atom. The van der Waals surface area contributed by atoms with Crippen molar-refractivity contribution in [2.45, 2.75) is 13.0 Å². The number of nitrogens with one attached hydrogen (secondary N) is 2. The molecular weight excluding hydrogens is 352 g/mol. The van der Waals surface area contributed by atoms with Gasteiger partial charge in [0.25, 0.3) is 5.69 Å². The van der Waals surface area contributed by atoms with Crippen LogP contribution in [0.5, 0.6) is 0 Å². The van der Waals surface area contributed by atoms with Gasteiger partial charge in [-0.2, -0.15) is 0 Å². The van der Waals surface area contributed by atoms with Crippen LogP contribution in [0.25, 0.3) is 0 Å². The molecule has 1 atom stereocenters. The third-order valence-electron chi connectivity index (χ3n) is 2.71. The first kappa shape index (κ1) is 19.4. The molecule has 1 aromatic rings. The molecule has 0 spiro atoms. The maximum absolute atomic E-state index is 12.6. The first-order chi connectivity index (χ1) is 10.4. The summed E-state index contributed by atoms with van der Waals surface area (Å²) < 4.78 is 18.2. The summed E-state index contributed by atoms with van der Waals surface area (Å²) in [5, 5.41) is 16.1. The van der Waals surface area contributed by atoms with Crippen LogP contribution in [0.2, 0.25) is 0 Å². The van der Waals surface area contributed by atoms with E-state index in [1.165, 1.54) is 12.1 Å². The van der Waals surface area contributed by atoms with Crippen molar-refractivity contribution in [2.24, 2.45) is 0 Å². The van der Waals surface area contributed by atoms with Gasteiger partial charge in [-0.25, -0.2) is 10.2 Å². The minimum atomic E-state index is -3.31. The highest BCUT2D eigenvalue weighted by atomic mass is 35.5. The second kappa shape index (κ2) is 9.45. The van der Waals surface area contributed by atoms with Crippen molar-refractivity contribution in [3.8, 4) is 0 Å². The Kier molecular flexibility index (Phi) is 8.31. The largest absolute Gasteiger partial charge is 0.341 e. The molecule has 0 bridgehead atoms. The van der Waals surface area contributed by atoms with Crippen LogP contribution in [-0.4, -0.2) is 29.8 Å². The molecule has 7 nitrogen and oxygen atoms in total. The number of halogens is 2. The molecule has 1 unspecified atom stereocenters. The smallest absolute Gasteiger partial charge is 0.298 e. The maximum Gasteiger partial charge on any atom is 0.341 e. The molecule has 22 heavy (non-hydrogen) atoms. The minimum absolute atomic E-state index is 0.0142. The van der Waals surface area contributed by atoms with Gasteiger partial charge in [0.1, 0.15) is 0 Å². The zero-order valence-corrected chi connectivity index (χ0v) is 14.4. The molecule has 1 aromatic carbocycles. The van der Waals surface area contributed by atoms with Gasteiger partial charge in [-0.1, -0.05) is 0 Å². The third kappa shape index (κ3) is 6.20. The van der Waals surface area contributed by atoms with Crippen LogP contribution < -0.4 is 10.2 Å². The Balaban J connectivity index is 2.78. The summed E-state index contributed by atoms with van der Waals surface area (Å²) in [4.78, 5) is 10.2. The number of alkyl halides is 2. The summed E-state index contributed by atoms with van der Waals surface area (Å²) >= 11 is 11.2. The number of rotatable bonds is 10. The van der Waals surface area contributed by atoms with Gasteiger partial charge in [-0.05, 0) is 24.6 Å². The number of hydrogen-bond donors (Lipinski definition) is 2. The zero-order valence-electron chi connectivity index (χ0n) is 12.0. The number of nitrogens with zero attached hydrogens (tertiary/aromatic N) is 1. The maximum atomic E-state index is 12.6. The standard InChI is InChI=1S/C12H18Cl2N3O4P/c1-10(11-2-4-12(5-3-11)17(18)19)21-22(20,15-8-6-13)16-9-7-14/h2-5,10H,6-9H2,1H3,(H2,15,16,20). The van der Waals surface area contributed by atoms with Crippen molar-refractivity contribution in [1.82, 2.24) is 10.2 Å². The van der Waals surface area contributed by atoms with E-state index in [0.717, 1.165) is 0 Å². The Labute approximate surface area is 139 Å². The average molecular weight is 370 g/mol. The molecule has 0 amide bonds. The molecule has 0 fully saturated rings. The number of benzene rings is 1. The summed E-state index contributed by atoms with van der Waals surface area (Å²) in [6, 6.07) is 5.88. The second-order valence-corrected chi connectivity index (χ2v) is 7.04. The second-order valence-electron chi connectivity index (χ2n) is 4.34. The highest BCUT2D eigenvalue weighted by Gasteiger charge is 2.25. The van der Waals surface area contributed by atoms with E-state index >= 15 is 0 Å². The molecule has 2 N–H and O–H groups in total. The summed E-state index contributed by atoms with van der Waals surface area (Å²) in [6.45, 7) is 2.32. The fourth-order valence-electron chi connectivity index (χ4n) is 1.66. The van der Waals surface area contributed by atoms with E-state index in [0.29, 0.717) is 18.7 Å². The van der Waals surface area contributed by atoms with Crippen LogP contribution in [0.15, 0.2) is 24.3 Å². The molecule has 1 rings (SSSR count). The summed E-state index contributed by atoms with van der Waals surface area (Å²) in [5.41, 5.74) is 0.658. The monoisotopic (exact) mass is 369 g/mol. The molecule has 0 aliphatic heterocycles. The van der Waals surface area contributed by atoms with Crippen molar-refractivity contribution < 1.29 is 14.0 Å². The SMILES string of the molecule is CC(OP(=O)(NCCCl)NCCCl)c1ccc([N+](=O)[O-])cc1. The quantitative estimate of drug-likeness (QED) is 0.284. The van der Waals surface area contributed by atoms with Gasteiger partial charge < -0.3 is 0 Å². The molecule has 0 saturated carbocycles. The number of hydrogen-bond acceptors (Lipinski definition) is 4. The van der Waals surface area contributed by atoms with Gasteiger partial charge in [0.05, 0.1) is 11.0 Å². The number of non-ortho nitro benzene ring substituents is 1. The molecule has 0 heterocycles. The van der Waals surface area contributed by atoms with Crippen molar-refractivity contribution in [1.29, 1.82) is 0 Å². The molecule has 0 aliphatic rings. The Bertz CT molecular complexity index is 518. The lowest BCUT2D eigenvalue weighted by Gasteiger charge is -2.24. The van der Waals surface area contributed by atoms with E-state index < -0.39 is 18.7 Å². The van der Waals surface area contributed by atoms with E-state index in [1.807, 2.05) is 0 Å². The lowest BCUT2D eigenvalue weighted by molar-refractivity contribution is -0.384. The summed E-state index contributed by atoms with van der Waals surface area (Å²) in [7, 11) is -3.31. The number of nitro groups is 1. The summed E-state index contributed by atoms with van der Waals surface area (Å²) in [6.07, 6.45) is -0.530. The molecule has 0 aliphatic carbocycles. The van der Waals surface area contributed by atoms with Gasteiger partial charge in [0, 0.05) is 37.0 Å². The van der Waals surface area contributed by atoms with Crippen molar-refractivity contribution >= 4 is 36.6 Å². The Hall–Kier alpha value is -0.690. The lowest BCUT2D eigenvalue weighted by Crippen LogP contribution is -2.27. The normalized spacial score (nSPS) is 13.0. The Morgan fingerprint density at radius 1 is 1.23 bits per heavy atom. The van der Waals surface area contributed by atoms with E-state index in [4.69, 9.17) is 27.7 Å². The van der Waals surface area contributed by atoms with E-state index in [9.17, 15) is 14.7 Å². The van der Waals surface area contributed by atoms with E-state index in [2.05, 4.69) is 10.2 Å². The fraction of sp³-hybridized carbons (Fsp3) is 0.500. The van der Waals surface area contributed by atoms with Gasteiger partial charge in [-0.3, -0.25) is 19.2 Å². The van der Waals surface area contributed by atoms with Crippen LogP contribution in [0.3, 0.4) is 0 Å². The summed E-state index contributed by atoms with van der Waals surface area (Å²) in [5.74, 6) is 0.559. The van der Waals surface area contributed by atoms with E-state index in [1.54, 1.807) is 19.1 Å². The zero-order chi connectivity index (χ0) is 16.6. The molecule has 0 saturated heterocycles. The molecule has 0 radical (unpaired) electrons. The van der Waals surface area contributed by atoms with Crippen LogP contribution in [0.4, 0.5) is 5.69 Å². The fourth-order valence-corrected chi connectivity index (χ4v) is 3.75. The van der Waals surface area contributed by atoms with Crippen LogP contribution in [0.1, 0.15) is 18.6 Å². The van der Waals surface area contributed by atoms with E-state index in [-0.39, 0.29) is 17.4 Å². The van der Waals surface area contributed by atoms with Gasteiger partial charge in [0.15, 0.2) is 0 Å². The predicted molar refractivity (Wildman–Crippen MR) is 87.6 cm³/mol. The lowest BCUT2D eigenvalue weighted by atomic mass is 10.1.